The van der Waals surface area contributed by atoms with Crippen LogP contribution in [0.1, 0.15) is 31.0 Å². The number of carbonyl (C=O) groups is 1. The number of aliphatic carboxylic acids is 1. The van der Waals surface area contributed by atoms with Crippen LogP contribution in [0.2, 0.25) is 0 Å². The van der Waals surface area contributed by atoms with Crippen LogP contribution in [-0.4, -0.2) is 19.1 Å². The van der Waals surface area contributed by atoms with Crippen molar-refractivity contribution >= 4 is 17.3 Å². The molecule has 25 heavy (non-hydrogen) atoms. The molecule has 0 aliphatic heterocycles. The summed E-state index contributed by atoms with van der Waals surface area (Å²) in [5.41, 5.74) is 2.42. The van der Waals surface area contributed by atoms with Crippen molar-refractivity contribution in [3.8, 4) is 11.8 Å². The number of nitrogens with one attached hydrogen (secondary N) is 2. The van der Waals surface area contributed by atoms with Gasteiger partial charge in [0.1, 0.15) is 5.75 Å². The number of nitriles is 1. The van der Waals surface area contributed by atoms with Gasteiger partial charge in [-0.05, 0) is 55.8 Å². The lowest BCUT2D eigenvalue weighted by Gasteiger charge is -2.23. The second-order valence-electron chi connectivity index (χ2n) is 5.30. The van der Waals surface area contributed by atoms with Crippen molar-refractivity contribution in [1.29, 1.82) is 5.26 Å². The van der Waals surface area contributed by atoms with Gasteiger partial charge in [0.2, 0.25) is 0 Å². The molecule has 0 aromatic heterocycles. The van der Waals surface area contributed by atoms with Crippen molar-refractivity contribution in [3.05, 3.63) is 53.6 Å². The maximum Gasteiger partial charge on any atom is 0.142 e. The Kier molecular flexibility index (Phi) is 6.24. The van der Waals surface area contributed by atoms with E-state index in [0.29, 0.717) is 29.2 Å². The molecule has 1 unspecified atom stereocenters. The Bertz CT molecular complexity index is 766. The molecule has 130 valence electrons. The third-order valence-electron chi connectivity index (χ3n) is 3.57. The topological polar surface area (TPSA) is 97.2 Å². The van der Waals surface area contributed by atoms with Crippen LogP contribution in [0.4, 0.5) is 11.4 Å². The van der Waals surface area contributed by atoms with Crippen LogP contribution >= 0.6 is 0 Å². The average Bonchev–Trinajstić information content (AvgIpc) is 2.62. The highest BCUT2D eigenvalue weighted by Crippen LogP contribution is 2.30. The van der Waals surface area contributed by atoms with Crippen LogP contribution in [0.5, 0.6) is 5.75 Å². The third kappa shape index (κ3) is 4.64. The van der Waals surface area contributed by atoms with Crippen LogP contribution < -0.4 is 20.5 Å². The first kappa shape index (κ1) is 18.1. The molecule has 0 saturated carbocycles. The summed E-state index contributed by atoms with van der Waals surface area (Å²) in [4.78, 5) is 11.6. The highest BCUT2D eigenvalue weighted by atomic mass is 16.5. The number of rotatable bonds is 8. The van der Waals surface area contributed by atoms with E-state index in [2.05, 4.69) is 10.6 Å². The summed E-state index contributed by atoms with van der Waals surface area (Å²) in [6.07, 6.45) is 0. The van der Waals surface area contributed by atoms with E-state index in [-0.39, 0.29) is 0 Å². The lowest BCUT2D eigenvalue weighted by Crippen LogP contribution is -2.34. The third-order valence-corrected chi connectivity index (χ3v) is 3.57. The number of carbonyl (C=O) groups excluding carboxylic acids is 1. The average molecular weight is 338 g/mol. The van der Waals surface area contributed by atoms with Crippen molar-refractivity contribution < 1.29 is 14.6 Å². The molecular formula is C19H20N3O3-. The molecule has 2 N–H and O–H groups in total. The van der Waals surface area contributed by atoms with Gasteiger partial charge in [0.25, 0.3) is 0 Å². The van der Waals surface area contributed by atoms with Crippen LogP contribution in [-0.2, 0) is 4.79 Å². The molecule has 2 aromatic carbocycles. The zero-order chi connectivity index (χ0) is 18.2. The van der Waals surface area contributed by atoms with Crippen molar-refractivity contribution in [3.63, 3.8) is 0 Å². The normalized spacial score (nSPS) is 11.2. The SMILES string of the molecule is CCNc1ccc(C(Nc2ccc(C#N)cc2)C(=O)[O-])cc1OCC. The van der Waals surface area contributed by atoms with E-state index in [9.17, 15) is 9.90 Å². The molecule has 6 nitrogen and oxygen atoms in total. The van der Waals surface area contributed by atoms with E-state index in [1.807, 2.05) is 19.9 Å². The molecule has 0 aliphatic rings. The fraction of sp³-hybridized carbons (Fsp3) is 0.263. The summed E-state index contributed by atoms with van der Waals surface area (Å²) >= 11 is 0. The minimum absolute atomic E-state index is 0.473. The van der Waals surface area contributed by atoms with Crippen molar-refractivity contribution in [2.24, 2.45) is 0 Å². The lowest BCUT2D eigenvalue weighted by atomic mass is 10.0. The summed E-state index contributed by atoms with van der Waals surface area (Å²) in [7, 11) is 0. The Morgan fingerprint density at radius 1 is 1.24 bits per heavy atom. The van der Waals surface area contributed by atoms with Crippen molar-refractivity contribution in [2.45, 2.75) is 19.9 Å². The van der Waals surface area contributed by atoms with E-state index < -0.39 is 12.0 Å². The largest absolute Gasteiger partial charge is 0.548 e. The lowest BCUT2D eigenvalue weighted by molar-refractivity contribution is -0.307. The van der Waals surface area contributed by atoms with E-state index in [1.165, 1.54) is 0 Å². The number of hydrogen-bond acceptors (Lipinski definition) is 6. The predicted octanol–water partition coefficient (Wildman–Crippen LogP) is 2.29. The first-order valence-electron chi connectivity index (χ1n) is 8.07. The van der Waals surface area contributed by atoms with Crippen LogP contribution in [0.25, 0.3) is 0 Å². The zero-order valence-corrected chi connectivity index (χ0v) is 14.2. The second-order valence-corrected chi connectivity index (χ2v) is 5.30. The first-order valence-corrected chi connectivity index (χ1v) is 8.07. The fourth-order valence-corrected chi connectivity index (χ4v) is 2.42. The number of carboxylic acids is 1. The molecule has 2 aromatic rings. The molecular weight excluding hydrogens is 318 g/mol. The van der Waals surface area contributed by atoms with Crippen LogP contribution in [0, 0.1) is 11.3 Å². The van der Waals surface area contributed by atoms with Gasteiger partial charge >= 0.3 is 0 Å². The van der Waals surface area contributed by atoms with Gasteiger partial charge in [0.15, 0.2) is 0 Å². The molecule has 0 radical (unpaired) electrons. The summed E-state index contributed by atoms with van der Waals surface area (Å²) < 4.78 is 5.60. The number of hydrogen-bond donors (Lipinski definition) is 2. The predicted molar refractivity (Wildman–Crippen MR) is 94.3 cm³/mol. The quantitative estimate of drug-likeness (QED) is 0.766. The smallest absolute Gasteiger partial charge is 0.142 e. The van der Waals surface area contributed by atoms with Gasteiger partial charge in [-0.1, -0.05) is 6.07 Å². The van der Waals surface area contributed by atoms with E-state index >= 15 is 0 Å². The van der Waals surface area contributed by atoms with E-state index in [4.69, 9.17) is 10.00 Å². The fourth-order valence-electron chi connectivity index (χ4n) is 2.42. The van der Waals surface area contributed by atoms with Crippen LogP contribution in [0.3, 0.4) is 0 Å². The van der Waals surface area contributed by atoms with Gasteiger partial charge in [-0.3, -0.25) is 0 Å². The number of benzene rings is 2. The summed E-state index contributed by atoms with van der Waals surface area (Å²) in [6.45, 7) is 5.04. The minimum Gasteiger partial charge on any atom is -0.548 e. The second kappa shape index (κ2) is 8.60. The molecule has 1 atom stereocenters. The molecule has 6 heteroatoms. The molecule has 0 saturated heterocycles. The first-order chi connectivity index (χ1) is 12.1. The van der Waals surface area contributed by atoms with Gasteiger partial charge in [-0.15, -0.1) is 0 Å². The molecule has 0 aliphatic carbocycles. The molecule has 0 spiro atoms. The van der Waals surface area contributed by atoms with E-state index in [0.717, 1.165) is 12.2 Å². The minimum atomic E-state index is -1.25. The van der Waals surface area contributed by atoms with Gasteiger partial charge in [0, 0.05) is 12.2 Å². The Morgan fingerprint density at radius 3 is 2.52 bits per heavy atom. The Labute approximate surface area is 147 Å². The number of nitrogens with zero attached hydrogens (tertiary/aromatic N) is 1. The monoisotopic (exact) mass is 338 g/mol. The maximum atomic E-state index is 11.6. The van der Waals surface area contributed by atoms with Gasteiger partial charge in [-0.25, -0.2) is 0 Å². The van der Waals surface area contributed by atoms with E-state index in [1.54, 1.807) is 42.5 Å². The number of ether oxygens (including phenoxy) is 1. The van der Waals surface area contributed by atoms with Gasteiger partial charge < -0.3 is 25.3 Å². The molecule has 0 amide bonds. The highest BCUT2D eigenvalue weighted by molar-refractivity contribution is 5.78. The maximum absolute atomic E-state index is 11.6. The Balaban J connectivity index is 2.31. The number of anilines is 2. The molecule has 0 heterocycles. The van der Waals surface area contributed by atoms with Crippen molar-refractivity contribution in [1.82, 2.24) is 0 Å². The molecule has 0 bridgehead atoms. The molecule has 0 fully saturated rings. The molecule has 2 rings (SSSR count). The Morgan fingerprint density at radius 2 is 1.96 bits per heavy atom. The highest BCUT2D eigenvalue weighted by Gasteiger charge is 2.15. The summed E-state index contributed by atoms with van der Waals surface area (Å²) in [5, 5.41) is 26.6. The summed E-state index contributed by atoms with van der Waals surface area (Å²) in [6, 6.07) is 12.7. The van der Waals surface area contributed by atoms with Crippen molar-refractivity contribution in [2.75, 3.05) is 23.8 Å². The van der Waals surface area contributed by atoms with Gasteiger partial charge in [0.05, 0.1) is 35.9 Å². The standard InChI is InChI=1S/C19H21N3O3/c1-3-21-16-10-7-14(11-17(16)25-4-2)18(19(23)24)22-15-8-5-13(12-20)6-9-15/h5-11,18,21-22H,3-4H2,1-2H3,(H,23,24)/p-1. The zero-order valence-electron chi connectivity index (χ0n) is 14.2. The van der Waals surface area contributed by atoms with Gasteiger partial charge in [-0.2, -0.15) is 5.26 Å². The Hall–Kier alpha value is -3.20. The van der Waals surface area contributed by atoms with Crippen LogP contribution in [0.15, 0.2) is 42.5 Å². The summed E-state index contributed by atoms with van der Waals surface area (Å²) in [5.74, 6) is -0.655. The number of carboxylic acid groups (broad SMARTS) is 1.